The Kier molecular flexibility index (Phi) is 8.98. The summed E-state index contributed by atoms with van der Waals surface area (Å²) in [5.74, 6) is -0.0320. The van der Waals surface area contributed by atoms with Crippen LogP contribution in [-0.4, -0.2) is 42.5 Å². The predicted molar refractivity (Wildman–Crippen MR) is 154 cm³/mol. The van der Waals surface area contributed by atoms with Gasteiger partial charge in [-0.2, -0.15) is 5.26 Å². The Hall–Kier alpha value is -4.18. The van der Waals surface area contributed by atoms with Gasteiger partial charge in [0.2, 0.25) is 0 Å². The highest BCUT2D eigenvalue weighted by Gasteiger charge is 2.20. The summed E-state index contributed by atoms with van der Waals surface area (Å²) in [6.45, 7) is 6.63. The lowest BCUT2D eigenvalue weighted by molar-refractivity contribution is 0.0527. The van der Waals surface area contributed by atoms with Crippen LogP contribution in [0.25, 0.3) is 21.9 Å². The van der Waals surface area contributed by atoms with Crippen LogP contribution in [0.3, 0.4) is 0 Å². The molecule has 0 spiro atoms. The van der Waals surface area contributed by atoms with Crippen LogP contribution in [0, 0.1) is 11.3 Å². The minimum atomic E-state index is -0.767. The van der Waals surface area contributed by atoms with Crippen LogP contribution in [0.5, 0.6) is 5.75 Å². The first-order valence-electron chi connectivity index (χ1n) is 13.1. The van der Waals surface area contributed by atoms with Crippen LogP contribution >= 0.6 is 0 Å². The molecular formula is C33H34N2O4. The first-order valence-corrected chi connectivity index (χ1v) is 13.1. The fourth-order valence-electron chi connectivity index (χ4n) is 4.59. The molecule has 0 saturated carbocycles. The number of aliphatic hydroxyl groups excluding tert-OH is 1. The van der Waals surface area contributed by atoms with E-state index in [0.717, 1.165) is 6.42 Å². The number of nitrogens with one attached hydrogen (secondary N) is 1. The molecule has 6 heteroatoms. The molecule has 200 valence electrons. The molecule has 0 aliphatic heterocycles. The molecule has 0 saturated heterocycles. The number of β-amino-alcohol motifs (C(OH)–C–C–N with tert-alkyl or cyclic N) is 1. The smallest absolute Gasteiger partial charge is 0.338 e. The Morgan fingerprint density at radius 3 is 2.51 bits per heavy atom. The Morgan fingerprint density at radius 2 is 1.74 bits per heavy atom. The zero-order valence-electron chi connectivity index (χ0n) is 22.6. The highest BCUT2D eigenvalue weighted by molar-refractivity contribution is 5.97. The van der Waals surface area contributed by atoms with Crippen LogP contribution < -0.4 is 10.1 Å². The summed E-state index contributed by atoms with van der Waals surface area (Å²) in [5, 5.41) is 26.2. The molecule has 6 nitrogen and oxygen atoms in total. The van der Waals surface area contributed by atoms with Gasteiger partial charge in [0, 0.05) is 12.1 Å². The van der Waals surface area contributed by atoms with Gasteiger partial charge in [0.15, 0.2) is 0 Å². The van der Waals surface area contributed by atoms with Crippen molar-refractivity contribution in [2.75, 3.05) is 19.8 Å². The second-order valence-electron chi connectivity index (χ2n) is 10.2. The number of rotatable bonds is 11. The summed E-state index contributed by atoms with van der Waals surface area (Å²) < 4.78 is 11.0. The number of esters is 1. The van der Waals surface area contributed by atoms with Gasteiger partial charge in [-0.05, 0) is 72.9 Å². The number of nitriles is 1. The third kappa shape index (κ3) is 7.23. The summed E-state index contributed by atoms with van der Waals surface area (Å²) in [4.78, 5) is 12.4. The van der Waals surface area contributed by atoms with Crippen molar-refractivity contribution in [3.63, 3.8) is 0 Å². The molecule has 4 aromatic carbocycles. The van der Waals surface area contributed by atoms with E-state index in [-0.39, 0.29) is 18.8 Å². The van der Waals surface area contributed by atoms with E-state index in [2.05, 4.69) is 55.6 Å². The van der Waals surface area contributed by atoms with E-state index < -0.39 is 12.1 Å². The fraction of sp³-hybridized carbons (Fsp3) is 0.273. The van der Waals surface area contributed by atoms with Gasteiger partial charge in [0.1, 0.15) is 24.5 Å². The number of nitrogens with zero attached hydrogens (tertiary/aromatic N) is 1. The summed E-state index contributed by atoms with van der Waals surface area (Å²) in [5.41, 5.74) is 3.12. The lowest BCUT2D eigenvalue weighted by Gasteiger charge is -2.28. The van der Waals surface area contributed by atoms with Crippen molar-refractivity contribution < 1.29 is 19.4 Å². The molecule has 1 atom stereocenters. The normalized spacial score (nSPS) is 12.1. The fourth-order valence-corrected chi connectivity index (χ4v) is 4.59. The first-order chi connectivity index (χ1) is 18.8. The molecule has 4 rings (SSSR count). The minimum absolute atomic E-state index is 0.0342. The van der Waals surface area contributed by atoms with Gasteiger partial charge < -0.3 is 19.9 Å². The van der Waals surface area contributed by atoms with Gasteiger partial charge in [-0.1, -0.05) is 66.7 Å². The van der Waals surface area contributed by atoms with Gasteiger partial charge in [0.05, 0.1) is 17.7 Å². The second kappa shape index (κ2) is 12.6. The van der Waals surface area contributed by atoms with Crippen molar-refractivity contribution >= 4 is 16.7 Å². The molecular weight excluding hydrogens is 488 g/mol. The van der Waals surface area contributed by atoms with Gasteiger partial charge in [-0.15, -0.1) is 0 Å². The molecule has 2 N–H and O–H groups in total. The van der Waals surface area contributed by atoms with E-state index in [9.17, 15) is 15.2 Å². The molecule has 0 fully saturated rings. The van der Waals surface area contributed by atoms with E-state index in [1.165, 1.54) is 16.3 Å². The highest BCUT2D eigenvalue weighted by atomic mass is 16.5. The third-order valence-corrected chi connectivity index (χ3v) is 6.54. The van der Waals surface area contributed by atoms with E-state index in [1.807, 2.05) is 24.3 Å². The van der Waals surface area contributed by atoms with E-state index in [4.69, 9.17) is 9.47 Å². The molecule has 0 radical (unpaired) electrons. The molecule has 0 aliphatic carbocycles. The van der Waals surface area contributed by atoms with Crippen molar-refractivity contribution in [2.24, 2.45) is 0 Å². The van der Waals surface area contributed by atoms with E-state index in [0.29, 0.717) is 34.5 Å². The second-order valence-corrected chi connectivity index (χ2v) is 10.2. The highest BCUT2D eigenvalue weighted by Crippen LogP contribution is 2.29. The maximum Gasteiger partial charge on any atom is 0.338 e. The summed E-state index contributed by atoms with van der Waals surface area (Å²) in [6.07, 6.45) is 0.0373. The average molecular weight is 523 g/mol. The van der Waals surface area contributed by atoms with Crippen LogP contribution in [-0.2, 0) is 11.2 Å². The lowest BCUT2D eigenvalue weighted by Crippen LogP contribution is -2.46. The van der Waals surface area contributed by atoms with Crippen molar-refractivity contribution in [2.45, 2.75) is 38.8 Å². The molecule has 0 aromatic heterocycles. The Morgan fingerprint density at radius 1 is 1.00 bits per heavy atom. The maximum atomic E-state index is 12.4. The largest absolute Gasteiger partial charge is 0.489 e. The molecule has 0 bridgehead atoms. The molecule has 0 unspecified atom stereocenters. The van der Waals surface area contributed by atoms with Crippen LogP contribution in [0.4, 0.5) is 0 Å². The lowest BCUT2D eigenvalue weighted by atomic mass is 9.93. The minimum Gasteiger partial charge on any atom is -0.489 e. The van der Waals surface area contributed by atoms with Gasteiger partial charge >= 0.3 is 5.97 Å². The zero-order valence-corrected chi connectivity index (χ0v) is 22.6. The standard InChI is InChI=1S/C33H34N2O4/c1-4-38-32(37)30-12-8-7-11-29(30)26-15-16-31(27(18-26)20-34)39-22-28(36)21-35-33(2,3)19-23-13-14-24-9-5-6-10-25(24)17-23/h5-18,28,35-36H,4,19,21-22H2,1-3H3/t28-/m1/s1. The number of carbonyl (C=O) groups excluding carboxylic acids is 1. The number of hydrogen-bond acceptors (Lipinski definition) is 6. The van der Waals surface area contributed by atoms with Gasteiger partial charge in [0.25, 0.3) is 0 Å². The van der Waals surface area contributed by atoms with Crippen LogP contribution in [0.15, 0.2) is 84.9 Å². The topological polar surface area (TPSA) is 91.6 Å². The van der Waals surface area contributed by atoms with Crippen LogP contribution in [0.2, 0.25) is 0 Å². The third-order valence-electron chi connectivity index (χ3n) is 6.54. The average Bonchev–Trinajstić information content (AvgIpc) is 2.94. The molecule has 0 heterocycles. The first kappa shape index (κ1) is 27.8. The predicted octanol–water partition coefficient (Wildman–Crippen LogP) is 5.91. The number of benzene rings is 4. The van der Waals surface area contributed by atoms with Crippen molar-refractivity contribution in [3.8, 4) is 22.9 Å². The Balaban J connectivity index is 1.36. The maximum absolute atomic E-state index is 12.4. The van der Waals surface area contributed by atoms with Gasteiger partial charge in [-0.25, -0.2) is 4.79 Å². The van der Waals surface area contributed by atoms with Crippen molar-refractivity contribution in [1.82, 2.24) is 5.32 Å². The summed E-state index contributed by atoms with van der Waals surface area (Å²) >= 11 is 0. The van der Waals surface area contributed by atoms with Crippen LogP contribution in [0.1, 0.15) is 42.3 Å². The molecule has 4 aromatic rings. The molecule has 0 aliphatic rings. The number of fused-ring (bicyclic) bond motifs is 1. The number of ether oxygens (including phenoxy) is 2. The van der Waals surface area contributed by atoms with E-state index >= 15 is 0 Å². The molecule has 0 amide bonds. The summed E-state index contributed by atoms with van der Waals surface area (Å²) in [7, 11) is 0. The number of aliphatic hydroxyl groups is 1. The SMILES string of the molecule is CCOC(=O)c1ccccc1-c1ccc(OC[C@H](O)CNC(C)(C)Cc2ccc3ccccc3c2)c(C#N)c1. The van der Waals surface area contributed by atoms with Crippen molar-refractivity contribution in [3.05, 3.63) is 102 Å². The Bertz CT molecular complexity index is 1490. The zero-order chi connectivity index (χ0) is 27.8. The number of carbonyl (C=O) groups is 1. The van der Waals surface area contributed by atoms with Crippen molar-refractivity contribution in [1.29, 1.82) is 5.26 Å². The monoisotopic (exact) mass is 522 g/mol. The number of hydrogen-bond donors (Lipinski definition) is 2. The molecule has 39 heavy (non-hydrogen) atoms. The summed E-state index contributed by atoms with van der Waals surface area (Å²) in [6, 6.07) is 29.2. The Labute approximate surface area is 229 Å². The van der Waals surface area contributed by atoms with E-state index in [1.54, 1.807) is 37.3 Å². The van der Waals surface area contributed by atoms with Gasteiger partial charge in [-0.3, -0.25) is 0 Å². The quantitative estimate of drug-likeness (QED) is 0.238.